The standard InChI is InChI=1S/C16H27BS/c1-10-7-15(10)12-5-6-14(16(18)9-12)11-3-2-4-13(17)8-11/h10-16,18H,2-9H2,1H3. The summed E-state index contributed by atoms with van der Waals surface area (Å²) in [6.45, 7) is 2.42. The van der Waals surface area contributed by atoms with Crippen molar-refractivity contribution in [1.82, 2.24) is 0 Å². The lowest BCUT2D eigenvalue weighted by Crippen LogP contribution is -2.34. The zero-order valence-electron chi connectivity index (χ0n) is 11.7. The SMILES string of the molecule is [B]C1CCCC(C2CCC(C3CC3C)CC2S)C1. The van der Waals surface area contributed by atoms with Crippen LogP contribution in [0.4, 0.5) is 0 Å². The highest BCUT2D eigenvalue weighted by molar-refractivity contribution is 7.81. The van der Waals surface area contributed by atoms with Crippen LogP contribution >= 0.6 is 12.6 Å². The lowest BCUT2D eigenvalue weighted by atomic mass is 9.64. The normalized spacial score (nSPS) is 53.1. The van der Waals surface area contributed by atoms with Crippen LogP contribution in [0.25, 0.3) is 0 Å². The van der Waals surface area contributed by atoms with E-state index in [4.69, 9.17) is 20.5 Å². The largest absolute Gasteiger partial charge is 0.176 e. The van der Waals surface area contributed by atoms with Crippen molar-refractivity contribution < 1.29 is 0 Å². The van der Waals surface area contributed by atoms with Crippen molar-refractivity contribution in [3.05, 3.63) is 0 Å². The Balaban J connectivity index is 1.55. The summed E-state index contributed by atoms with van der Waals surface area (Å²) in [5.41, 5.74) is 0. The topological polar surface area (TPSA) is 0 Å². The van der Waals surface area contributed by atoms with E-state index < -0.39 is 0 Å². The van der Waals surface area contributed by atoms with E-state index in [0.717, 1.165) is 29.6 Å². The molecular weight excluding hydrogens is 235 g/mol. The molecule has 7 unspecified atom stereocenters. The van der Waals surface area contributed by atoms with Crippen LogP contribution in [-0.4, -0.2) is 13.1 Å². The van der Waals surface area contributed by atoms with Crippen molar-refractivity contribution in [2.45, 2.75) is 69.4 Å². The average Bonchev–Trinajstić information content (AvgIpc) is 3.06. The van der Waals surface area contributed by atoms with Crippen LogP contribution in [0.3, 0.4) is 0 Å². The molecule has 7 atom stereocenters. The van der Waals surface area contributed by atoms with E-state index in [2.05, 4.69) is 6.92 Å². The molecule has 100 valence electrons. The second-order valence-corrected chi connectivity index (χ2v) is 8.03. The summed E-state index contributed by atoms with van der Waals surface area (Å²) in [5.74, 6) is 5.28. The molecule has 2 radical (unpaired) electrons. The van der Waals surface area contributed by atoms with Gasteiger partial charge in [-0.25, -0.2) is 0 Å². The van der Waals surface area contributed by atoms with E-state index in [1.165, 1.54) is 51.4 Å². The van der Waals surface area contributed by atoms with Crippen LogP contribution in [0.2, 0.25) is 5.82 Å². The first-order valence-corrected chi connectivity index (χ1v) is 8.60. The van der Waals surface area contributed by atoms with Crippen LogP contribution in [0.15, 0.2) is 0 Å². The third kappa shape index (κ3) is 2.79. The third-order valence-corrected chi connectivity index (χ3v) is 6.64. The van der Waals surface area contributed by atoms with E-state index in [0.29, 0.717) is 11.1 Å². The first kappa shape index (κ1) is 13.4. The molecule has 0 N–H and O–H groups in total. The highest BCUT2D eigenvalue weighted by atomic mass is 32.1. The summed E-state index contributed by atoms with van der Waals surface area (Å²) >= 11 is 4.97. The number of rotatable bonds is 2. The second kappa shape index (κ2) is 5.42. The highest BCUT2D eigenvalue weighted by Crippen LogP contribution is 2.52. The zero-order chi connectivity index (χ0) is 12.7. The van der Waals surface area contributed by atoms with Crippen molar-refractivity contribution in [2.24, 2.45) is 29.6 Å². The maximum atomic E-state index is 6.16. The summed E-state index contributed by atoms with van der Waals surface area (Å²) in [6.07, 6.45) is 11.1. The smallest absolute Gasteiger partial charge is 0.0699 e. The molecule has 0 saturated heterocycles. The Morgan fingerprint density at radius 3 is 2.22 bits per heavy atom. The molecule has 0 aliphatic heterocycles. The Labute approximate surface area is 120 Å². The van der Waals surface area contributed by atoms with Crippen LogP contribution in [0, 0.1) is 29.6 Å². The van der Waals surface area contributed by atoms with Gasteiger partial charge in [0.15, 0.2) is 0 Å². The Morgan fingerprint density at radius 1 is 0.889 bits per heavy atom. The molecular formula is C16H27BS. The van der Waals surface area contributed by atoms with E-state index in [1.54, 1.807) is 0 Å². The minimum atomic E-state index is 0.477. The van der Waals surface area contributed by atoms with Gasteiger partial charge in [0, 0.05) is 5.25 Å². The molecule has 3 rings (SSSR count). The van der Waals surface area contributed by atoms with Crippen molar-refractivity contribution >= 4 is 20.5 Å². The Hall–Kier alpha value is 0.415. The molecule has 18 heavy (non-hydrogen) atoms. The molecule has 0 aromatic rings. The first-order valence-electron chi connectivity index (χ1n) is 8.08. The number of thiol groups is 1. The summed E-state index contributed by atoms with van der Waals surface area (Å²) in [7, 11) is 6.16. The molecule has 0 aromatic carbocycles. The first-order chi connectivity index (χ1) is 8.65. The molecule has 0 heterocycles. The molecule has 3 aliphatic rings. The third-order valence-electron chi connectivity index (χ3n) is 6.05. The number of hydrogen-bond donors (Lipinski definition) is 1. The zero-order valence-corrected chi connectivity index (χ0v) is 12.6. The monoisotopic (exact) mass is 262 g/mol. The Kier molecular flexibility index (Phi) is 4.04. The highest BCUT2D eigenvalue weighted by Gasteiger charge is 2.44. The lowest BCUT2D eigenvalue weighted by Gasteiger charge is -2.41. The van der Waals surface area contributed by atoms with Crippen LogP contribution < -0.4 is 0 Å². The van der Waals surface area contributed by atoms with Crippen LogP contribution in [0.1, 0.15) is 58.3 Å². The van der Waals surface area contributed by atoms with Crippen LogP contribution in [-0.2, 0) is 0 Å². The van der Waals surface area contributed by atoms with E-state index in [-0.39, 0.29) is 0 Å². The summed E-state index contributed by atoms with van der Waals surface area (Å²) in [6, 6.07) is 0. The fourth-order valence-electron chi connectivity index (χ4n) is 4.80. The quantitative estimate of drug-likeness (QED) is 0.549. The summed E-state index contributed by atoms with van der Waals surface area (Å²) in [4.78, 5) is 0. The maximum Gasteiger partial charge on any atom is 0.0699 e. The minimum Gasteiger partial charge on any atom is -0.176 e. The van der Waals surface area contributed by atoms with Gasteiger partial charge < -0.3 is 0 Å². The van der Waals surface area contributed by atoms with Gasteiger partial charge in [-0.1, -0.05) is 38.4 Å². The van der Waals surface area contributed by atoms with Gasteiger partial charge in [-0.15, -0.1) is 0 Å². The van der Waals surface area contributed by atoms with Gasteiger partial charge in [-0.3, -0.25) is 0 Å². The molecule has 0 bridgehead atoms. The van der Waals surface area contributed by atoms with E-state index >= 15 is 0 Å². The van der Waals surface area contributed by atoms with Gasteiger partial charge in [0.25, 0.3) is 0 Å². The van der Waals surface area contributed by atoms with Crippen molar-refractivity contribution in [3.63, 3.8) is 0 Å². The van der Waals surface area contributed by atoms with Gasteiger partial charge >= 0.3 is 0 Å². The van der Waals surface area contributed by atoms with E-state index in [1.807, 2.05) is 0 Å². The minimum absolute atomic E-state index is 0.477. The molecule has 0 amide bonds. The number of hydrogen-bond acceptors (Lipinski definition) is 1. The fourth-order valence-corrected chi connectivity index (χ4v) is 5.47. The molecule has 0 nitrogen and oxygen atoms in total. The predicted molar refractivity (Wildman–Crippen MR) is 82.3 cm³/mol. The van der Waals surface area contributed by atoms with Gasteiger partial charge in [-0.2, -0.15) is 12.6 Å². The molecule has 3 fully saturated rings. The van der Waals surface area contributed by atoms with Gasteiger partial charge in [0.1, 0.15) is 0 Å². The second-order valence-electron chi connectivity index (χ2n) is 7.37. The molecule has 2 heteroatoms. The molecule has 3 aliphatic carbocycles. The van der Waals surface area contributed by atoms with Crippen molar-refractivity contribution in [3.8, 4) is 0 Å². The molecule has 0 aromatic heterocycles. The Morgan fingerprint density at radius 2 is 1.61 bits per heavy atom. The predicted octanol–water partition coefficient (Wildman–Crippen LogP) is 4.50. The summed E-state index contributed by atoms with van der Waals surface area (Å²) < 4.78 is 0. The van der Waals surface area contributed by atoms with E-state index in [9.17, 15) is 0 Å². The Bertz CT molecular complexity index is 293. The molecule has 0 spiro atoms. The molecule has 3 saturated carbocycles. The maximum absolute atomic E-state index is 6.16. The lowest BCUT2D eigenvalue weighted by molar-refractivity contribution is 0.165. The summed E-state index contributed by atoms with van der Waals surface area (Å²) in [5, 5.41) is 0.659. The van der Waals surface area contributed by atoms with Crippen molar-refractivity contribution in [1.29, 1.82) is 0 Å². The van der Waals surface area contributed by atoms with Gasteiger partial charge in [-0.05, 0) is 55.3 Å². The van der Waals surface area contributed by atoms with Gasteiger partial charge in [0.2, 0.25) is 0 Å². The fraction of sp³-hybridized carbons (Fsp3) is 1.00. The van der Waals surface area contributed by atoms with Gasteiger partial charge in [0.05, 0.1) is 7.85 Å². The van der Waals surface area contributed by atoms with Crippen molar-refractivity contribution in [2.75, 3.05) is 0 Å². The van der Waals surface area contributed by atoms with Crippen LogP contribution in [0.5, 0.6) is 0 Å². The average molecular weight is 262 g/mol.